The molecule has 0 aromatic carbocycles. The molecule has 0 bridgehead atoms. The second-order valence-corrected chi connectivity index (χ2v) is 4.85. The predicted octanol–water partition coefficient (Wildman–Crippen LogP) is 0.980. The molecule has 2 aliphatic rings. The number of methoxy groups -OCH3 is 1. The quantitative estimate of drug-likeness (QED) is 0.702. The van der Waals surface area contributed by atoms with E-state index in [4.69, 9.17) is 4.74 Å². The van der Waals surface area contributed by atoms with Crippen molar-refractivity contribution in [1.29, 1.82) is 0 Å². The van der Waals surface area contributed by atoms with E-state index < -0.39 is 0 Å². The van der Waals surface area contributed by atoms with Gasteiger partial charge in [0.25, 0.3) is 0 Å². The third kappa shape index (κ3) is 3.54. The van der Waals surface area contributed by atoms with E-state index in [9.17, 15) is 4.79 Å². The summed E-state index contributed by atoms with van der Waals surface area (Å²) in [4.78, 5) is 11.8. The fraction of sp³-hybridized carbons (Fsp3) is 0.769. The standard InChI is InChI=1S/C13H22N2O2/c1-17-11-8-12(15-9-11)13(16)14-7-6-10-4-2-3-5-10/h4,11-12,15H,2-3,5-9H2,1H3,(H,14,16). The molecule has 2 N–H and O–H groups in total. The average molecular weight is 238 g/mol. The fourth-order valence-corrected chi connectivity index (χ4v) is 2.52. The summed E-state index contributed by atoms with van der Waals surface area (Å²) in [6, 6.07) is -0.0718. The van der Waals surface area contributed by atoms with Gasteiger partial charge < -0.3 is 15.4 Å². The second-order valence-electron chi connectivity index (χ2n) is 4.85. The van der Waals surface area contributed by atoms with Crippen LogP contribution in [0.1, 0.15) is 32.1 Å². The minimum absolute atomic E-state index is 0.0718. The highest BCUT2D eigenvalue weighted by Gasteiger charge is 2.28. The van der Waals surface area contributed by atoms with Crippen molar-refractivity contribution in [3.63, 3.8) is 0 Å². The maximum Gasteiger partial charge on any atom is 0.237 e. The minimum Gasteiger partial charge on any atom is -0.380 e. The molecule has 1 aliphatic carbocycles. The van der Waals surface area contributed by atoms with Gasteiger partial charge in [0.15, 0.2) is 0 Å². The van der Waals surface area contributed by atoms with Crippen molar-refractivity contribution in [3.8, 4) is 0 Å². The number of carbonyl (C=O) groups is 1. The Hall–Kier alpha value is -0.870. The molecule has 1 saturated heterocycles. The van der Waals surface area contributed by atoms with Gasteiger partial charge in [0.05, 0.1) is 12.1 Å². The molecule has 0 saturated carbocycles. The van der Waals surface area contributed by atoms with Gasteiger partial charge in [-0.05, 0) is 32.1 Å². The van der Waals surface area contributed by atoms with E-state index >= 15 is 0 Å². The zero-order chi connectivity index (χ0) is 12.1. The molecule has 4 heteroatoms. The Kier molecular flexibility index (Phi) is 4.57. The molecule has 0 radical (unpaired) electrons. The van der Waals surface area contributed by atoms with E-state index in [1.165, 1.54) is 24.8 Å². The summed E-state index contributed by atoms with van der Waals surface area (Å²) in [6.45, 7) is 1.54. The lowest BCUT2D eigenvalue weighted by molar-refractivity contribution is -0.122. The lowest BCUT2D eigenvalue weighted by Crippen LogP contribution is -2.40. The molecule has 0 spiro atoms. The SMILES string of the molecule is COC1CNC(C(=O)NCCC2=CCCC2)C1. The van der Waals surface area contributed by atoms with Crippen molar-refractivity contribution < 1.29 is 9.53 Å². The van der Waals surface area contributed by atoms with Crippen LogP contribution in [-0.4, -0.2) is 38.3 Å². The molecule has 1 fully saturated rings. The lowest BCUT2D eigenvalue weighted by Gasteiger charge is -2.11. The first kappa shape index (κ1) is 12.6. The van der Waals surface area contributed by atoms with Crippen LogP contribution in [0.15, 0.2) is 11.6 Å². The zero-order valence-corrected chi connectivity index (χ0v) is 10.5. The number of hydrogen-bond acceptors (Lipinski definition) is 3. The Morgan fingerprint density at radius 2 is 2.53 bits per heavy atom. The first-order valence-corrected chi connectivity index (χ1v) is 6.51. The van der Waals surface area contributed by atoms with Crippen molar-refractivity contribution in [1.82, 2.24) is 10.6 Å². The monoisotopic (exact) mass is 238 g/mol. The molecule has 1 aliphatic heterocycles. The summed E-state index contributed by atoms with van der Waals surface area (Å²) < 4.78 is 5.23. The van der Waals surface area contributed by atoms with E-state index in [0.29, 0.717) is 0 Å². The number of allylic oxidation sites excluding steroid dienone is 1. The highest BCUT2D eigenvalue weighted by Crippen LogP contribution is 2.19. The third-order valence-electron chi connectivity index (χ3n) is 3.62. The first-order chi connectivity index (χ1) is 8.29. The van der Waals surface area contributed by atoms with Crippen LogP contribution >= 0.6 is 0 Å². The van der Waals surface area contributed by atoms with E-state index in [1.807, 2.05) is 0 Å². The second kappa shape index (κ2) is 6.17. The normalized spacial score (nSPS) is 28.2. The Bertz CT molecular complexity index is 302. The molecule has 1 heterocycles. The molecule has 1 amide bonds. The van der Waals surface area contributed by atoms with Crippen LogP contribution in [0.5, 0.6) is 0 Å². The van der Waals surface area contributed by atoms with Gasteiger partial charge in [-0.25, -0.2) is 0 Å². The number of ether oxygens (including phenoxy) is 1. The van der Waals surface area contributed by atoms with Crippen LogP contribution in [0.2, 0.25) is 0 Å². The molecular formula is C13H22N2O2. The smallest absolute Gasteiger partial charge is 0.237 e. The van der Waals surface area contributed by atoms with E-state index in [0.717, 1.165) is 25.9 Å². The van der Waals surface area contributed by atoms with Gasteiger partial charge in [0.1, 0.15) is 0 Å². The number of hydrogen-bond donors (Lipinski definition) is 2. The van der Waals surface area contributed by atoms with E-state index in [2.05, 4.69) is 16.7 Å². The third-order valence-corrected chi connectivity index (χ3v) is 3.62. The number of amides is 1. The lowest BCUT2D eigenvalue weighted by atomic mass is 10.1. The van der Waals surface area contributed by atoms with Gasteiger partial charge in [-0.3, -0.25) is 4.79 Å². The highest BCUT2D eigenvalue weighted by molar-refractivity contribution is 5.82. The molecule has 2 rings (SSSR count). The molecule has 4 nitrogen and oxygen atoms in total. The van der Waals surface area contributed by atoms with Crippen molar-refractivity contribution in [3.05, 3.63) is 11.6 Å². The Morgan fingerprint density at radius 3 is 3.18 bits per heavy atom. The van der Waals surface area contributed by atoms with Crippen LogP contribution in [0.25, 0.3) is 0 Å². The topological polar surface area (TPSA) is 50.4 Å². The molecule has 2 atom stereocenters. The van der Waals surface area contributed by atoms with Gasteiger partial charge in [0, 0.05) is 20.2 Å². The number of rotatable bonds is 5. The summed E-state index contributed by atoms with van der Waals surface area (Å²) >= 11 is 0. The minimum atomic E-state index is -0.0718. The van der Waals surface area contributed by atoms with Gasteiger partial charge in [-0.2, -0.15) is 0 Å². The molecule has 0 aromatic heterocycles. The summed E-state index contributed by atoms with van der Waals surface area (Å²) in [7, 11) is 1.69. The maximum absolute atomic E-state index is 11.8. The summed E-state index contributed by atoms with van der Waals surface area (Å²) in [5, 5.41) is 6.18. The molecule has 17 heavy (non-hydrogen) atoms. The van der Waals surface area contributed by atoms with E-state index in [-0.39, 0.29) is 18.1 Å². The number of carbonyl (C=O) groups excluding carboxylic acids is 1. The van der Waals surface area contributed by atoms with Crippen molar-refractivity contribution >= 4 is 5.91 Å². The Morgan fingerprint density at radius 1 is 1.65 bits per heavy atom. The first-order valence-electron chi connectivity index (χ1n) is 6.51. The van der Waals surface area contributed by atoms with Crippen molar-refractivity contribution in [2.24, 2.45) is 0 Å². The van der Waals surface area contributed by atoms with Crippen LogP contribution in [-0.2, 0) is 9.53 Å². The van der Waals surface area contributed by atoms with E-state index in [1.54, 1.807) is 7.11 Å². The molecule has 2 unspecified atom stereocenters. The Labute approximate surface area is 103 Å². The van der Waals surface area contributed by atoms with Crippen LogP contribution in [0, 0.1) is 0 Å². The van der Waals surface area contributed by atoms with Crippen molar-refractivity contribution in [2.45, 2.75) is 44.2 Å². The van der Waals surface area contributed by atoms with Crippen molar-refractivity contribution in [2.75, 3.05) is 20.2 Å². The molecular weight excluding hydrogens is 216 g/mol. The molecule has 96 valence electrons. The molecule has 0 aromatic rings. The highest BCUT2D eigenvalue weighted by atomic mass is 16.5. The maximum atomic E-state index is 11.8. The van der Waals surface area contributed by atoms with Gasteiger partial charge in [-0.15, -0.1) is 0 Å². The van der Waals surface area contributed by atoms with Crippen LogP contribution in [0.4, 0.5) is 0 Å². The fourth-order valence-electron chi connectivity index (χ4n) is 2.52. The zero-order valence-electron chi connectivity index (χ0n) is 10.5. The van der Waals surface area contributed by atoms with Crippen LogP contribution < -0.4 is 10.6 Å². The van der Waals surface area contributed by atoms with Gasteiger partial charge >= 0.3 is 0 Å². The summed E-state index contributed by atoms with van der Waals surface area (Å²) in [5.74, 6) is 0.114. The largest absolute Gasteiger partial charge is 0.380 e. The number of nitrogens with one attached hydrogen (secondary N) is 2. The predicted molar refractivity (Wildman–Crippen MR) is 66.8 cm³/mol. The van der Waals surface area contributed by atoms with Crippen LogP contribution in [0.3, 0.4) is 0 Å². The average Bonchev–Trinajstić information content (AvgIpc) is 2.99. The Balaban J connectivity index is 1.64. The van der Waals surface area contributed by atoms with Gasteiger partial charge in [-0.1, -0.05) is 11.6 Å². The summed E-state index contributed by atoms with van der Waals surface area (Å²) in [6.07, 6.45) is 7.98. The van der Waals surface area contributed by atoms with Gasteiger partial charge in [0.2, 0.25) is 5.91 Å². The summed E-state index contributed by atoms with van der Waals surface area (Å²) in [5.41, 5.74) is 1.50.